The maximum absolute atomic E-state index is 12.6. The number of benzene rings is 2. The summed E-state index contributed by atoms with van der Waals surface area (Å²) in [7, 11) is 0. The fourth-order valence-corrected chi connectivity index (χ4v) is 3.04. The molecule has 1 aromatic heterocycles. The molecule has 0 spiro atoms. The zero-order chi connectivity index (χ0) is 21.8. The molecule has 3 aromatic rings. The van der Waals surface area contributed by atoms with E-state index >= 15 is 0 Å². The Morgan fingerprint density at radius 1 is 1.37 bits per heavy atom. The Hall–Kier alpha value is -3.79. The van der Waals surface area contributed by atoms with E-state index in [2.05, 4.69) is 15.6 Å². The lowest BCUT2D eigenvalue weighted by Crippen LogP contribution is -2.29. The van der Waals surface area contributed by atoms with Crippen LogP contribution in [-0.2, 0) is 6.54 Å². The number of hydrogen-bond acceptors (Lipinski definition) is 7. The number of aromatic hydroxyl groups is 1. The molecule has 0 aliphatic rings. The zero-order valence-corrected chi connectivity index (χ0v) is 16.5. The highest BCUT2D eigenvalue weighted by Crippen LogP contribution is 2.32. The highest BCUT2D eigenvalue weighted by Gasteiger charge is 2.19. The van der Waals surface area contributed by atoms with Gasteiger partial charge in [0.05, 0.1) is 16.5 Å². The number of amides is 1. The number of nitrogens with one attached hydrogen (secondary N) is 1. The average Bonchev–Trinajstić information content (AvgIpc) is 2.72. The van der Waals surface area contributed by atoms with Gasteiger partial charge in [0.2, 0.25) is 5.75 Å². The molecular formula is C19H16ClN5O5. The van der Waals surface area contributed by atoms with Gasteiger partial charge in [-0.3, -0.25) is 19.7 Å². The first kappa shape index (κ1) is 20.9. The Balaban J connectivity index is 1.94. The number of nitro groups is 1. The van der Waals surface area contributed by atoms with Gasteiger partial charge in [-0.2, -0.15) is 10.2 Å². The predicted molar refractivity (Wildman–Crippen MR) is 111 cm³/mol. The summed E-state index contributed by atoms with van der Waals surface area (Å²) in [6.07, 6.45) is 1.67. The number of carbonyl (C=O) groups excluding carboxylic acids is 1. The topological polar surface area (TPSA) is 140 Å². The minimum absolute atomic E-state index is 0.00269. The molecule has 0 radical (unpaired) electrons. The Morgan fingerprint density at radius 2 is 2.07 bits per heavy atom. The first-order chi connectivity index (χ1) is 14.3. The number of nitrogens with zero attached hydrogens (tertiary/aromatic N) is 4. The fourth-order valence-electron chi connectivity index (χ4n) is 2.82. The molecule has 3 rings (SSSR count). The first-order valence-electron chi connectivity index (χ1n) is 8.83. The van der Waals surface area contributed by atoms with Gasteiger partial charge < -0.3 is 5.11 Å². The maximum Gasteiger partial charge on any atom is 0.312 e. The second kappa shape index (κ2) is 8.70. The largest absolute Gasteiger partial charge is 0.502 e. The molecule has 0 bridgehead atoms. The number of carbonyl (C=O) groups is 1. The monoisotopic (exact) mass is 429 g/mol. The quantitative estimate of drug-likeness (QED) is 0.350. The van der Waals surface area contributed by atoms with E-state index in [9.17, 15) is 24.8 Å². The minimum atomic E-state index is -0.788. The van der Waals surface area contributed by atoms with E-state index in [0.29, 0.717) is 23.7 Å². The van der Waals surface area contributed by atoms with Gasteiger partial charge in [0.25, 0.3) is 11.5 Å². The van der Waals surface area contributed by atoms with E-state index < -0.39 is 22.3 Å². The molecule has 154 valence electrons. The van der Waals surface area contributed by atoms with Crippen molar-refractivity contribution in [3.05, 3.63) is 73.1 Å². The maximum atomic E-state index is 12.6. The third kappa shape index (κ3) is 4.13. The van der Waals surface area contributed by atoms with Gasteiger partial charge in [0, 0.05) is 28.6 Å². The van der Waals surface area contributed by atoms with Gasteiger partial charge in [-0.1, -0.05) is 36.7 Å². The van der Waals surface area contributed by atoms with E-state index in [1.54, 1.807) is 24.3 Å². The summed E-state index contributed by atoms with van der Waals surface area (Å²) in [5.74, 6) is -1.33. The SMILES string of the molecule is CCCn1nc(C(=O)N/N=C/c2cc(Cl)cc([N+](=O)[O-])c2O)c2ccccc2c1=O. The molecule has 2 N–H and O–H groups in total. The lowest BCUT2D eigenvalue weighted by atomic mass is 10.1. The third-order valence-corrected chi connectivity index (χ3v) is 4.39. The third-order valence-electron chi connectivity index (χ3n) is 4.17. The van der Waals surface area contributed by atoms with Gasteiger partial charge in [-0.25, -0.2) is 10.1 Å². The summed E-state index contributed by atoms with van der Waals surface area (Å²) in [6, 6.07) is 8.83. The number of hydrogen-bond donors (Lipinski definition) is 2. The van der Waals surface area contributed by atoms with Crippen LogP contribution in [-0.4, -0.2) is 31.9 Å². The van der Waals surface area contributed by atoms with Crippen LogP contribution in [0.25, 0.3) is 10.8 Å². The lowest BCUT2D eigenvalue weighted by molar-refractivity contribution is -0.385. The van der Waals surface area contributed by atoms with Gasteiger partial charge in [-0.05, 0) is 18.6 Å². The standard InChI is InChI=1S/C19H16ClN5O5/c1-2-7-24-19(28)14-6-4-3-5-13(14)16(23-24)18(27)22-21-10-11-8-12(20)9-15(17(11)26)25(29)30/h3-6,8-10,26H,2,7H2,1H3,(H,22,27)/b21-10+. The molecule has 0 saturated carbocycles. The normalized spacial score (nSPS) is 11.1. The van der Waals surface area contributed by atoms with Gasteiger partial charge in [0.15, 0.2) is 5.69 Å². The number of aryl methyl sites for hydroxylation is 1. The van der Waals surface area contributed by atoms with E-state index in [-0.39, 0.29) is 21.8 Å². The second-order valence-corrected chi connectivity index (χ2v) is 6.68. The molecule has 0 saturated heterocycles. The molecule has 0 fully saturated rings. The fraction of sp³-hybridized carbons (Fsp3) is 0.158. The number of nitro benzene ring substituents is 1. The van der Waals surface area contributed by atoms with Crippen LogP contribution >= 0.6 is 11.6 Å². The number of rotatable bonds is 6. The molecule has 1 heterocycles. The molecule has 0 aliphatic heterocycles. The molecular weight excluding hydrogens is 414 g/mol. The summed E-state index contributed by atoms with van der Waals surface area (Å²) in [4.78, 5) is 35.3. The van der Waals surface area contributed by atoms with Gasteiger partial charge in [0.1, 0.15) is 0 Å². The zero-order valence-electron chi connectivity index (χ0n) is 15.7. The van der Waals surface area contributed by atoms with E-state index in [4.69, 9.17) is 11.6 Å². The van der Waals surface area contributed by atoms with E-state index in [1.165, 1.54) is 10.7 Å². The lowest BCUT2D eigenvalue weighted by Gasteiger charge is -2.09. The minimum Gasteiger partial charge on any atom is -0.502 e. The van der Waals surface area contributed by atoms with Crippen molar-refractivity contribution in [1.29, 1.82) is 0 Å². The van der Waals surface area contributed by atoms with Crippen molar-refractivity contribution in [2.24, 2.45) is 5.10 Å². The van der Waals surface area contributed by atoms with Crippen molar-refractivity contribution in [1.82, 2.24) is 15.2 Å². The molecule has 10 nitrogen and oxygen atoms in total. The number of phenols is 1. The van der Waals surface area contributed by atoms with Crippen LogP contribution in [0, 0.1) is 10.1 Å². The molecule has 0 aliphatic carbocycles. The van der Waals surface area contributed by atoms with Gasteiger partial charge >= 0.3 is 5.69 Å². The van der Waals surface area contributed by atoms with E-state index in [1.807, 2.05) is 6.92 Å². The van der Waals surface area contributed by atoms with Crippen molar-refractivity contribution in [2.45, 2.75) is 19.9 Å². The highest BCUT2D eigenvalue weighted by molar-refractivity contribution is 6.31. The summed E-state index contributed by atoms with van der Waals surface area (Å²) >= 11 is 5.82. The Labute approximate surface area is 174 Å². The van der Waals surface area contributed by atoms with Crippen molar-refractivity contribution in [2.75, 3.05) is 0 Å². The molecule has 0 unspecified atom stereocenters. The number of hydrazone groups is 1. The molecule has 11 heteroatoms. The summed E-state index contributed by atoms with van der Waals surface area (Å²) in [5, 5.41) is 29.6. The Bertz CT molecular complexity index is 1240. The van der Waals surface area contributed by atoms with Crippen LogP contribution in [0.2, 0.25) is 5.02 Å². The second-order valence-electron chi connectivity index (χ2n) is 6.24. The van der Waals surface area contributed by atoms with Crippen molar-refractivity contribution < 1.29 is 14.8 Å². The van der Waals surface area contributed by atoms with Crippen molar-refractivity contribution in [3.63, 3.8) is 0 Å². The number of halogens is 1. The van der Waals surface area contributed by atoms with Crippen LogP contribution < -0.4 is 11.0 Å². The number of fused-ring (bicyclic) bond motifs is 1. The van der Waals surface area contributed by atoms with Crippen molar-refractivity contribution >= 4 is 40.2 Å². The Morgan fingerprint density at radius 3 is 2.73 bits per heavy atom. The number of aromatic nitrogens is 2. The first-order valence-corrected chi connectivity index (χ1v) is 9.21. The average molecular weight is 430 g/mol. The van der Waals surface area contributed by atoms with Crippen LogP contribution in [0.5, 0.6) is 5.75 Å². The van der Waals surface area contributed by atoms with Gasteiger partial charge in [-0.15, -0.1) is 0 Å². The van der Waals surface area contributed by atoms with Crippen LogP contribution in [0.3, 0.4) is 0 Å². The summed E-state index contributed by atoms with van der Waals surface area (Å²) in [5.41, 5.74) is 1.31. The Kier molecular flexibility index (Phi) is 6.07. The summed E-state index contributed by atoms with van der Waals surface area (Å²) < 4.78 is 1.22. The predicted octanol–water partition coefficient (Wildman–Crippen LogP) is 2.84. The van der Waals surface area contributed by atoms with Crippen LogP contribution in [0.1, 0.15) is 29.4 Å². The molecule has 30 heavy (non-hydrogen) atoms. The molecule has 0 atom stereocenters. The highest BCUT2D eigenvalue weighted by atomic mass is 35.5. The molecule has 1 amide bonds. The smallest absolute Gasteiger partial charge is 0.312 e. The van der Waals surface area contributed by atoms with Crippen LogP contribution in [0.15, 0.2) is 46.3 Å². The van der Waals surface area contributed by atoms with Crippen molar-refractivity contribution in [3.8, 4) is 5.75 Å². The number of phenolic OH excluding ortho intramolecular Hbond substituents is 1. The van der Waals surface area contributed by atoms with E-state index in [0.717, 1.165) is 12.3 Å². The summed E-state index contributed by atoms with van der Waals surface area (Å²) in [6.45, 7) is 2.22. The molecule has 2 aromatic carbocycles. The van der Waals surface area contributed by atoms with Crippen LogP contribution in [0.4, 0.5) is 5.69 Å².